The van der Waals surface area contributed by atoms with Crippen LogP contribution in [0.25, 0.3) is 11.0 Å². The Morgan fingerprint density at radius 1 is 1.19 bits per heavy atom. The number of benzene rings is 2. The van der Waals surface area contributed by atoms with E-state index in [0.717, 1.165) is 27.9 Å². The van der Waals surface area contributed by atoms with E-state index in [2.05, 4.69) is 16.0 Å². The van der Waals surface area contributed by atoms with E-state index in [0.29, 0.717) is 6.54 Å². The summed E-state index contributed by atoms with van der Waals surface area (Å²) in [4.78, 5) is 8.95. The Bertz CT molecular complexity index is 790. The van der Waals surface area contributed by atoms with Crippen LogP contribution < -0.4 is 4.74 Å². The normalized spacial score (nSPS) is 11.3. The van der Waals surface area contributed by atoms with Crippen LogP contribution in [-0.4, -0.2) is 22.9 Å². The number of nitrogens with zero attached hydrogens (tertiary/aromatic N) is 3. The minimum Gasteiger partial charge on any atom is -0.496 e. The first-order valence-electron chi connectivity index (χ1n) is 6.81. The molecule has 0 fully saturated rings. The number of imidazole rings is 1. The smallest absolute Gasteiger partial charge is 0.123 e. The van der Waals surface area contributed by atoms with Crippen LogP contribution in [0.5, 0.6) is 5.75 Å². The van der Waals surface area contributed by atoms with Crippen molar-refractivity contribution in [2.75, 3.05) is 7.11 Å². The molecule has 3 rings (SSSR count). The van der Waals surface area contributed by atoms with Crippen LogP contribution in [-0.2, 0) is 13.6 Å². The van der Waals surface area contributed by atoms with Gasteiger partial charge in [0.05, 0.1) is 31.0 Å². The molecule has 0 radical (unpaired) electrons. The van der Waals surface area contributed by atoms with Gasteiger partial charge in [0.2, 0.25) is 0 Å². The van der Waals surface area contributed by atoms with E-state index >= 15 is 0 Å². The molecule has 0 N–H and O–H groups in total. The van der Waals surface area contributed by atoms with Gasteiger partial charge in [0.15, 0.2) is 0 Å². The fraction of sp³-hybridized carbons (Fsp3) is 0.176. The lowest BCUT2D eigenvalue weighted by molar-refractivity contribution is 0.410. The number of aliphatic imine (C=N–C) groups is 1. The van der Waals surface area contributed by atoms with E-state index in [4.69, 9.17) is 4.74 Å². The molecule has 106 valence electrons. The number of methoxy groups -OCH3 is 1. The van der Waals surface area contributed by atoms with E-state index < -0.39 is 0 Å². The van der Waals surface area contributed by atoms with E-state index in [1.165, 1.54) is 0 Å². The van der Waals surface area contributed by atoms with Gasteiger partial charge in [-0.2, -0.15) is 0 Å². The second-order valence-electron chi connectivity index (χ2n) is 4.85. The summed E-state index contributed by atoms with van der Waals surface area (Å²) in [5.74, 6) is 0.866. The summed E-state index contributed by atoms with van der Waals surface area (Å²) in [5, 5.41) is 0. The first-order valence-corrected chi connectivity index (χ1v) is 6.81. The van der Waals surface area contributed by atoms with E-state index in [9.17, 15) is 0 Å². The van der Waals surface area contributed by atoms with E-state index in [1.807, 2.05) is 60.6 Å². The predicted octanol–water partition coefficient (Wildman–Crippen LogP) is 3.20. The summed E-state index contributed by atoms with van der Waals surface area (Å²) in [6, 6.07) is 14.0. The number of hydrogen-bond donors (Lipinski definition) is 0. The van der Waals surface area contributed by atoms with Gasteiger partial charge in [0.1, 0.15) is 5.75 Å². The fourth-order valence-corrected chi connectivity index (χ4v) is 2.36. The van der Waals surface area contributed by atoms with Gasteiger partial charge in [-0.15, -0.1) is 0 Å². The average Bonchev–Trinajstić information content (AvgIpc) is 2.90. The third kappa shape index (κ3) is 2.65. The molecule has 21 heavy (non-hydrogen) atoms. The second-order valence-corrected chi connectivity index (χ2v) is 4.85. The number of ether oxygens (including phenoxy) is 1. The van der Waals surface area contributed by atoms with Crippen molar-refractivity contribution < 1.29 is 4.74 Å². The molecule has 1 heterocycles. The maximum atomic E-state index is 5.33. The Kier molecular flexibility index (Phi) is 3.69. The monoisotopic (exact) mass is 279 g/mol. The molecule has 0 saturated heterocycles. The Morgan fingerprint density at radius 2 is 2.05 bits per heavy atom. The zero-order valence-electron chi connectivity index (χ0n) is 12.2. The Hall–Kier alpha value is -2.62. The minimum atomic E-state index is 0.591. The molecule has 0 atom stereocenters. The highest BCUT2D eigenvalue weighted by atomic mass is 16.5. The van der Waals surface area contributed by atoms with Crippen LogP contribution in [0.2, 0.25) is 0 Å². The van der Waals surface area contributed by atoms with Crippen LogP contribution in [0.3, 0.4) is 0 Å². The molecular formula is C17H17N3O. The number of para-hydroxylation sites is 2. The van der Waals surface area contributed by atoms with Gasteiger partial charge in [0, 0.05) is 24.4 Å². The minimum absolute atomic E-state index is 0.591. The lowest BCUT2D eigenvalue weighted by Crippen LogP contribution is -1.91. The molecule has 0 unspecified atom stereocenters. The number of fused-ring (bicyclic) bond motifs is 1. The van der Waals surface area contributed by atoms with Crippen molar-refractivity contribution in [1.29, 1.82) is 0 Å². The van der Waals surface area contributed by atoms with Gasteiger partial charge < -0.3 is 9.30 Å². The lowest BCUT2D eigenvalue weighted by Gasteiger charge is -2.05. The maximum Gasteiger partial charge on any atom is 0.123 e. The molecule has 0 bridgehead atoms. The molecule has 0 aliphatic carbocycles. The Morgan fingerprint density at radius 3 is 2.90 bits per heavy atom. The standard InChI is InChI=1S/C17H17N3O/c1-20-12-19-17-14(7-5-8-15(17)20)11-18-10-13-6-3-4-9-16(13)21-2/h3-9,11-12H,10H2,1-2H3/b18-11+. The highest BCUT2D eigenvalue weighted by molar-refractivity contribution is 5.96. The van der Waals surface area contributed by atoms with Gasteiger partial charge in [-0.25, -0.2) is 4.98 Å². The molecule has 1 aromatic heterocycles. The summed E-state index contributed by atoms with van der Waals surface area (Å²) >= 11 is 0. The third-order valence-corrected chi connectivity index (χ3v) is 3.47. The van der Waals surface area contributed by atoms with Gasteiger partial charge in [0.25, 0.3) is 0 Å². The fourth-order valence-electron chi connectivity index (χ4n) is 2.36. The van der Waals surface area contributed by atoms with E-state index in [-0.39, 0.29) is 0 Å². The average molecular weight is 279 g/mol. The number of hydrogen-bond acceptors (Lipinski definition) is 3. The lowest BCUT2D eigenvalue weighted by atomic mass is 10.2. The number of aryl methyl sites for hydroxylation is 1. The Balaban J connectivity index is 1.85. The first kappa shape index (κ1) is 13.4. The highest BCUT2D eigenvalue weighted by Crippen LogP contribution is 2.19. The zero-order chi connectivity index (χ0) is 14.7. The summed E-state index contributed by atoms with van der Waals surface area (Å²) < 4.78 is 7.34. The summed E-state index contributed by atoms with van der Waals surface area (Å²) in [6.07, 6.45) is 3.70. The summed E-state index contributed by atoms with van der Waals surface area (Å²) in [6.45, 7) is 0.591. The zero-order valence-corrected chi connectivity index (χ0v) is 12.2. The van der Waals surface area contributed by atoms with Crippen LogP contribution in [0.4, 0.5) is 0 Å². The third-order valence-electron chi connectivity index (χ3n) is 3.47. The second kappa shape index (κ2) is 5.79. The largest absolute Gasteiger partial charge is 0.496 e. The van der Waals surface area contributed by atoms with Crippen molar-refractivity contribution in [3.8, 4) is 5.75 Å². The van der Waals surface area contributed by atoms with Gasteiger partial charge in [-0.1, -0.05) is 30.3 Å². The van der Waals surface area contributed by atoms with Crippen molar-refractivity contribution in [3.05, 3.63) is 59.9 Å². The molecule has 4 nitrogen and oxygen atoms in total. The molecule has 0 amide bonds. The van der Waals surface area contributed by atoms with Gasteiger partial charge >= 0.3 is 0 Å². The van der Waals surface area contributed by atoms with Crippen molar-refractivity contribution in [3.63, 3.8) is 0 Å². The van der Waals surface area contributed by atoms with Gasteiger partial charge in [-0.3, -0.25) is 4.99 Å². The molecule has 0 saturated carbocycles. The highest BCUT2D eigenvalue weighted by Gasteiger charge is 2.03. The molecule has 0 aliphatic heterocycles. The topological polar surface area (TPSA) is 39.4 Å². The van der Waals surface area contributed by atoms with Crippen LogP contribution in [0, 0.1) is 0 Å². The van der Waals surface area contributed by atoms with Crippen LogP contribution >= 0.6 is 0 Å². The van der Waals surface area contributed by atoms with Gasteiger partial charge in [-0.05, 0) is 12.1 Å². The quantitative estimate of drug-likeness (QED) is 0.688. The van der Waals surface area contributed by atoms with Crippen molar-refractivity contribution in [1.82, 2.24) is 9.55 Å². The van der Waals surface area contributed by atoms with Crippen LogP contribution in [0.1, 0.15) is 11.1 Å². The van der Waals surface area contributed by atoms with Crippen molar-refractivity contribution in [2.45, 2.75) is 6.54 Å². The molecule has 0 spiro atoms. The predicted molar refractivity (Wildman–Crippen MR) is 85.0 cm³/mol. The van der Waals surface area contributed by atoms with E-state index in [1.54, 1.807) is 7.11 Å². The summed E-state index contributed by atoms with van der Waals surface area (Å²) in [7, 11) is 3.67. The molecule has 3 aromatic rings. The SMILES string of the molecule is COc1ccccc1C/N=C/c1cccc2c1ncn2C. The first-order chi connectivity index (χ1) is 10.3. The molecular weight excluding hydrogens is 262 g/mol. The Labute approximate surface area is 123 Å². The molecule has 4 heteroatoms. The number of aromatic nitrogens is 2. The molecule has 0 aliphatic rings. The van der Waals surface area contributed by atoms with Crippen molar-refractivity contribution in [2.24, 2.45) is 12.0 Å². The maximum absolute atomic E-state index is 5.33. The summed E-state index contributed by atoms with van der Waals surface area (Å²) in [5.41, 5.74) is 4.19. The van der Waals surface area contributed by atoms with Crippen molar-refractivity contribution >= 4 is 17.2 Å². The molecule has 2 aromatic carbocycles. The number of rotatable bonds is 4. The van der Waals surface area contributed by atoms with Crippen LogP contribution in [0.15, 0.2) is 53.8 Å².